The molecule has 0 unspecified atom stereocenters. The Balaban J connectivity index is 1.66. The summed E-state index contributed by atoms with van der Waals surface area (Å²) in [5, 5.41) is 0. The van der Waals surface area contributed by atoms with Crippen molar-refractivity contribution >= 4 is 21.7 Å². The third-order valence-electron chi connectivity index (χ3n) is 3.94. The first-order valence-electron chi connectivity index (χ1n) is 7.79. The average molecular weight is 345 g/mol. The van der Waals surface area contributed by atoms with Crippen molar-refractivity contribution in [3.05, 3.63) is 65.2 Å². The smallest absolute Gasteiger partial charge is 0.338 e. The molecule has 126 valence electrons. The Labute approximate surface area is 141 Å². The molecule has 6 heteroatoms. The van der Waals surface area contributed by atoms with Gasteiger partial charge in [-0.25, -0.2) is 13.2 Å². The number of ether oxygens (including phenoxy) is 1. The van der Waals surface area contributed by atoms with Gasteiger partial charge in [-0.1, -0.05) is 29.8 Å². The summed E-state index contributed by atoms with van der Waals surface area (Å²) in [6.45, 7) is 2.68. The zero-order valence-electron chi connectivity index (χ0n) is 13.4. The number of hydrogen-bond donors (Lipinski definition) is 0. The molecule has 0 radical (unpaired) electrons. The first kappa shape index (κ1) is 16.5. The lowest BCUT2D eigenvalue weighted by Gasteiger charge is -2.16. The van der Waals surface area contributed by atoms with Gasteiger partial charge >= 0.3 is 5.97 Å². The predicted octanol–water partition coefficient (Wildman–Crippen LogP) is 2.89. The van der Waals surface area contributed by atoms with Crippen molar-refractivity contribution in [1.29, 1.82) is 0 Å². The number of sulfonamides is 1. The highest BCUT2D eigenvalue weighted by atomic mass is 32.2. The van der Waals surface area contributed by atoms with E-state index in [1.807, 2.05) is 31.2 Å². The maximum atomic E-state index is 12.1. The molecule has 3 rings (SSSR count). The van der Waals surface area contributed by atoms with Crippen molar-refractivity contribution in [3.63, 3.8) is 0 Å². The monoisotopic (exact) mass is 345 g/mol. The van der Waals surface area contributed by atoms with Crippen molar-refractivity contribution in [2.45, 2.75) is 20.0 Å². The van der Waals surface area contributed by atoms with Crippen molar-refractivity contribution in [1.82, 2.24) is 0 Å². The van der Waals surface area contributed by atoms with Crippen LogP contribution in [0.5, 0.6) is 0 Å². The lowest BCUT2D eigenvalue weighted by atomic mass is 10.1. The molecule has 1 saturated heterocycles. The second-order valence-corrected chi connectivity index (χ2v) is 7.87. The summed E-state index contributed by atoms with van der Waals surface area (Å²) in [6.07, 6.45) is 0.628. The Morgan fingerprint density at radius 2 is 1.92 bits per heavy atom. The maximum absolute atomic E-state index is 12.1. The minimum atomic E-state index is -3.21. The van der Waals surface area contributed by atoms with Crippen LogP contribution in [0.2, 0.25) is 0 Å². The summed E-state index contributed by atoms with van der Waals surface area (Å²) in [7, 11) is -3.21. The fourth-order valence-corrected chi connectivity index (χ4v) is 4.29. The number of anilines is 1. The van der Waals surface area contributed by atoms with Crippen LogP contribution in [0.4, 0.5) is 5.69 Å². The lowest BCUT2D eigenvalue weighted by Crippen LogP contribution is -2.25. The molecule has 24 heavy (non-hydrogen) atoms. The number of esters is 1. The predicted molar refractivity (Wildman–Crippen MR) is 92.5 cm³/mol. The molecule has 2 aromatic carbocycles. The number of aryl methyl sites for hydroxylation is 1. The molecule has 0 amide bonds. The van der Waals surface area contributed by atoms with Crippen LogP contribution in [0.1, 0.15) is 27.9 Å². The summed E-state index contributed by atoms with van der Waals surface area (Å²) in [5.74, 6) is -0.250. The number of carbonyl (C=O) groups excluding carboxylic acids is 1. The van der Waals surface area contributed by atoms with Gasteiger partial charge < -0.3 is 4.74 Å². The molecule has 2 aromatic rings. The summed E-state index contributed by atoms with van der Waals surface area (Å²) in [6, 6.07) is 14.3. The molecule has 1 heterocycles. The van der Waals surface area contributed by atoms with Crippen molar-refractivity contribution < 1.29 is 17.9 Å². The van der Waals surface area contributed by atoms with Crippen molar-refractivity contribution in [3.8, 4) is 0 Å². The number of rotatable bonds is 4. The minimum absolute atomic E-state index is 0.174. The van der Waals surface area contributed by atoms with E-state index in [-0.39, 0.29) is 12.4 Å². The molecule has 0 atom stereocenters. The molecule has 0 bridgehead atoms. The maximum Gasteiger partial charge on any atom is 0.338 e. The zero-order valence-corrected chi connectivity index (χ0v) is 14.3. The summed E-state index contributed by atoms with van der Waals surface area (Å²) >= 11 is 0. The molecule has 1 fully saturated rings. The van der Waals surface area contributed by atoms with Crippen LogP contribution in [0, 0.1) is 6.92 Å². The van der Waals surface area contributed by atoms with Gasteiger partial charge in [-0.05, 0) is 43.2 Å². The van der Waals surface area contributed by atoms with Gasteiger partial charge in [-0.15, -0.1) is 0 Å². The van der Waals surface area contributed by atoms with E-state index >= 15 is 0 Å². The van der Waals surface area contributed by atoms with Crippen molar-refractivity contribution in [2.24, 2.45) is 0 Å². The second kappa shape index (κ2) is 6.65. The Hall–Kier alpha value is -2.34. The van der Waals surface area contributed by atoms with Gasteiger partial charge in [0.2, 0.25) is 10.0 Å². The highest BCUT2D eigenvalue weighted by Gasteiger charge is 2.28. The molecule has 0 N–H and O–H groups in total. The molecule has 0 aliphatic carbocycles. The van der Waals surface area contributed by atoms with Crippen LogP contribution in [0.15, 0.2) is 48.5 Å². The molecule has 0 aromatic heterocycles. The van der Waals surface area contributed by atoms with Gasteiger partial charge in [0.1, 0.15) is 6.61 Å². The first-order chi connectivity index (χ1) is 11.5. The van der Waals surface area contributed by atoms with E-state index in [4.69, 9.17) is 4.74 Å². The SMILES string of the molecule is Cc1cccc(COC(=O)c2ccc(N3CCCS3(=O)=O)cc2)c1. The van der Waals surface area contributed by atoms with Crippen LogP contribution in [0.3, 0.4) is 0 Å². The Morgan fingerprint density at radius 1 is 1.17 bits per heavy atom. The Morgan fingerprint density at radius 3 is 2.54 bits per heavy atom. The fourth-order valence-electron chi connectivity index (χ4n) is 2.73. The van der Waals surface area contributed by atoms with Gasteiger partial charge in [0.05, 0.1) is 17.0 Å². The van der Waals surface area contributed by atoms with Crippen LogP contribution in [-0.4, -0.2) is 26.7 Å². The molecule has 1 aliphatic heterocycles. The van der Waals surface area contributed by atoms with E-state index in [0.29, 0.717) is 24.2 Å². The van der Waals surface area contributed by atoms with Crippen LogP contribution >= 0.6 is 0 Å². The number of nitrogens with zero attached hydrogens (tertiary/aromatic N) is 1. The third kappa shape index (κ3) is 3.59. The van der Waals surface area contributed by atoms with E-state index in [2.05, 4.69) is 0 Å². The second-order valence-electron chi connectivity index (χ2n) is 5.85. The standard InChI is InChI=1S/C18H19NO4S/c1-14-4-2-5-15(12-14)13-23-18(20)16-6-8-17(9-7-16)19-10-3-11-24(19,21)22/h2,4-9,12H,3,10-11,13H2,1H3. The average Bonchev–Trinajstić information content (AvgIpc) is 2.92. The zero-order chi connectivity index (χ0) is 17.2. The summed E-state index contributed by atoms with van der Waals surface area (Å²) in [5.41, 5.74) is 3.04. The highest BCUT2D eigenvalue weighted by molar-refractivity contribution is 7.93. The van der Waals surface area contributed by atoms with E-state index in [9.17, 15) is 13.2 Å². The Bertz CT molecular complexity index is 844. The lowest BCUT2D eigenvalue weighted by molar-refractivity contribution is 0.0472. The van der Waals surface area contributed by atoms with E-state index in [0.717, 1.165) is 11.1 Å². The highest BCUT2D eigenvalue weighted by Crippen LogP contribution is 2.24. The molecule has 0 saturated carbocycles. The molecule has 1 aliphatic rings. The fraction of sp³-hybridized carbons (Fsp3) is 0.278. The van der Waals surface area contributed by atoms with Crippen LogP contribution < -0.4 is 4.31 Å². The molecule has 0 spiro atoms. The Kier molecular flexibility index (Phi) is 4.57. The van der Waals surface area contributed by atoms with Gasteiger partial charge in [0.15, 0.2) is 0 Å². The molecular formula is C18H19NO4S. The number of benzene rings is 2. The van der Waals surface area contributed by atoms with E-state index in [1.54, 1.807) is 24.3 Å². The van der Waals surface area contributed by atoms with Crippen LogP contribution in [0.25, 0.3) is 0 Å². The molecule has 5 nitrogen and oxygen atoms in total. The quantitative estimate of drug-likeness (QED) is 0.799. The van der Waals surface area contributed by atoms with E-state index < -0.39 is 16.0 Å². The minimum Gasteiger partial charge on any atom is -0.457 e. The largest absolute Gasteiger partial charge is 0.457 e. The van der Waals surface area contributed by atoms with Crippen LogP contribution in [-0.2, 0) is 21.4 Å². The van der Waals surface area contributed by atoms with Gasteiger partial charge in [0.25, 0.3) is 0 Å². The number of hydrogen-bond acceptors (Lipinski definition) is 4. The third-order valence-corrected chi connectivity index (χ3v) is 5.81. The summed E-state index contributed by atoms with van der Waals surface area (Å²) < 4.78 is 30.5. The topological polar surface area (TPSA) is 63.7 Å². The normalized spacial score (nSPS) is 16.1. The van der Waals surface area contributed by atoms with Crippen molar-refractivity contribution in [2.75, 3.05) is 16.6 Å². The first-order valence-corrected chi connectivity index (χ1v) is 9.40. The van der Waals surface area contributed by atoms with Gasteiger partial charge in [-0.2, -0.15) is 0 Å². The number of carbonyl (C=O) groups is 1. The summed E-state index contributed by atoms with van der Waals surface area (Å²) in [4.78, 5) is 12.1. The van der Waals surface area contributed by atoms with E-state index in [1.165, 1.54) is 4.31 Å². The molecular weight excluding hydrogens is 326 g/mol. The van der Waals surface area contributed by atoms with Gasteiger partial charge in [0, 0.05) is 6.54 Å². The van der Waals surface area contributed by atoms with Gasteiger partial charge in [-0.3, -0.25) is 4.31 Å².